The number of Topliss-reactive ketones (excluding diaryl/α,β-unsaturated/α-hetero) is 1. The van der Waals surface area contributed by atoms with E-state index in [1.807, 2.05) is 6.07 Å². The SMILES string of the molecule is O=C1CCCC2=C1[C@H](c1ccc(-c3ccccc3)cc1)Nc1ccc3ccccc3c12. The maximum Gasteiger partial charge on any atom is 0.161 e. The summed E-state index contributed by atoms with van der Waals surface area (Å²) in [7, 11) is 0. The molecule has 2 heteroatoms. The average Bonchev–Trinajstić information content (AvgIpc) is 2.84. The molecular formula is C29H23NO. The van der Waals surface area contributed by atoms with E-state index in [4.69, 9.17) is 0 Å². The minimum atomic E-state index is -0.0960. The molecule has 0 radical (unpaired) electrons. The van der Waals surface area contributed by atoms with E-state index in [0.717, 1.165) is 29.7 Å². The van der Waals surface area contributed by atoms with Crippen molar-refractivity contribution in [2.45, 2.75) is 25.3 Å². The highest BCUT2D eigenvalue weighted by atomic mass is 16.1. The van der Waals surface area contributed by atoms with Crippen molar-refractivity contribution in [1.29, 1.82) is 0 Å². The van der Waals surface area contributed by atoms with Gasteiger partial charge in [0.05, 0.1) is 6.04 Å². The van der Waals surface area contributed by atoms with Crippen molar-refractivity contribution in [3.05, 3.63) is 108 Å². The van der Waals surface area contributed by atoms with Gasteiger partial charge < -0.3 is 5.32 Å². The van der Waals surface area contributed by atoms with Crippen LogP contribution in [-0.2, 0) is 4.79 Å². The number of hydrogen-bond donors (Lipinski definition) is 1. The lowest BCUT2D eigenvalue weighted by molar-refractivity contribution is -0.116. The summed E-state index contributed by atoms with van der Waals surface area (Å²) in [4.78, 5) is 13.1. The molecule has 0 bridgehead atoms. The van der Waals surface area contributed by atoms with Crippen LogP contribution in [0.15, 0.2) is 96.6 Å². The number of benzene rings is 4. The predicted octanol–water partition coefficient (Wildman–Crippen LogP) is 7.18. The van der Waals surface area contributed by atoms with E-state index in [2.05, 4.69) is 90.2 Å². The predicted molar refractivity (Wildman–Crippen MR) is 128 cm³/mol. The summed E-state index contributed by atoms with van der Waals surface area (Å²) in [6.07, 6.45) is 2.53. The molecular weight excluding hydrogens is 378 g/mol. The Morgan fingerprint density at radius 3 is 2.29 bits per heavy atom. The van der Waals surface area contributed by atoms with E-state index in [-0.39, 0.29) is 11.8 Å². The Morgan fingerprint density at radius 2 is 1.45 bits per heavy atom. The largest absolute Gasteiger partial charge is 0.373 e. The maximum atomic E-state index is 13.1. The first-order valence-electron chi connectivity index (χ1n) is 11.0. The zero-order valence-corrected chi connectivity index (χ0v) is 17.3. The number of rotatable bonds is 2. The number of fused-ring (bicyclic) bond motifs is 4. The first-order chi connectivity index (χ1) is 15.3. The Bertz CT molecular complexity index is 1330. The summed E-state index contributed by atoms with van der Waals surface area (Å²) in [6, 6.07) is 31.8. The molecule has 150 valence electrons. The highest BCUT2D eigenvalue weighted by Gasteiger charge is 2.34. The van der Waals surface area contributed by atoms with Gasteiger partial charge in [-0.15, -0.1) is 0 Å². The molecule has 1 atom stereocenters. The number of anilines is 1. The van der Waals surface area contributed by atoms with E-state index in [9.17, 15) is 4.79 Å². The topological polar surface area (TPSA) is 29.1 Å². The fourth-order valence-corrected chi connectivity index (χ4v) is 5.15. The number of hydrogen-bond acceptors (Lipinski definition) is 2. The molecule has 0 spiro atoms. The van der Waals surface area contributed by atoms with Crippen LogP contribution in [-0.4, -0.2) is 5.78 Å². The van der Waals surface area contributed by atoms with Crippen LogP contribution in [0.3, 0.4) is 0 Å². The average molecular weight is 402 g/mol. The minimum Gasteiger partial charge on any atom is -0.373 e. The molecule has 1 aliphatic carbocycles. The third-order valence-electron chi connectivity index (χ3n) is 6.63. The van der Waals surface area contributed by atoms with Gasteiger partial charge in [-0.2, -0.15) is 0 Å². The Morgan fingerprint density at radius 1 is 0.710 bits per heavy atom. The molecule has 0 saturated heterocycles. The molecule has 4 aromatic carbocycles. The maximum absolute atomic E-state index is 13.1. The number of allylic oxidation sites excluding steroid dienone is 1. The van der Waals surface area contributed by atoms with Gasteiger partial charge >= 0.3 is 0 Å². The summed E-state index contributed by atoms with van der Waals surface area (Å²) in [5.74, 6) is 0.282. The highest BCUT2D eigenvalue weighted by molar-refractivity contribution is 6.12. The molecule has 6 rings (SSSR count). The van der Waals surface area contributed by atoms with Crippen LogP contribution in [0.25, 0.3) is 27.5 Å². The number of carbonyl (C=O) groups excluding carboxylic acids is 1. The van der Waals surface area contributed by atoms with E-state index < -0.39 is 0 Å². The fraction of sp³-hybridized carbons (Fsp3) is 0.138. The van der Waals surface area contributed by atoms with Crippen LogP contribution < -0.4 is 5.32 Å². The van der Waals surface area contributed by atoms with Crippen molar-refractivity contribution in [2.75, 3.05) is 5.32 Å². The molecule has 1 aliphatic heterocycles. The van der Waals surface area contributed by atoms with Gasteiger partial charge in [0.2, 0.25) is 0 Å². The Kier molecular flexibility index (Phi) is 4.24. The van der Waals surface area contributed by atoms with Crippen LogP contribution in [0.2, 0.25) is 0 Å². The molecule has 1 heterocycles. The molecule has 0 aromatic heterocycles. The van der Waals surface area contributed by atoms with Crippen LogP contribution >= 0.6 is 0 Å². The van der Waals surface area contributed by atoms with E-state index in [0.29, 0.717) is 6.42 Å². The van der Waals surface area contributed by atoms with Crippen LogP contribution in [0, 0.1) is 0 Å². The second kappa shape index (κ2) is 7.24. The normalized spacial score (nSPS) is 17.8. The third kappa shape index (κ3) is 2.98. The summed E-state index contributed by atoms with van der Waals surface area (Å²) < 4.78 is 0. The van der Waals surface area contributed by atoms with E-state index in [1.54, 1.807) is 0 Å². The second-order valence-electron chi connectivity index (χ2n) is 8.44. The highest BCUT2D eigenvalue weighted by Crippen LogP contribution is 2.48. The van der Waals surface area contributed by atoms with E-state index >= 15 is 0 Å². The zero-order valence-electron chi connectivity index (χ0n) is 17.3. The van der Waals surface area contributed by atoms with Crippen LogP contribution in [0.1, 0.15) is 36.4 Å². The first kappa shape index (κ1) is 18.1. The Labute approximate surface area is 182 Å². The molecule has 0 amide bonds. The first-order valence-corrected chi connectivity index (χ1v) is 11.0. The lowest BCUT2D eigenvalue weighted by atomic mass is 9.76. The second-order valence-corrected chi connectivity index (χ2v) is 8.44. The van der Waals surface area contributed by atoms with Crippen molar-refractivity contribution < 1.29 is 4.79 Å². The third-order valence-corrected chi connectivity index (χ3v) is 6.63. The molecule has 31 heavy (non-hydrogen) atoms. The molecule has 0 saturated carbocycles. The number of carbonyl (C=O) groups is 1. The molecule has 0 fully saturated rings. The molecule has 1 N–H and O–H groups in total. The van der Waals surface area contributed by atoms with Crippen molar-refractivity contribution in [3.8, 4) is 11.1 Å². The van der Waals surface area contributed by atoms with Crippen molar-refractivity contribution in [2.24, 2.45) is 0 Å². The fourth-order valence-electron chi connectivity index (χ4n) is 5.15. The Balaban J connectivity index is 1.49. The van der Waals surface area contributed by atoms with Gasteiger partial charge in [0, 0.05) is 23.2 Å². The lowest BCUT2D eigenvalue weighted by Crippen LogP contribution is -2.27. The number of ketones is 1. The molecule has 2 aliphatic rings. The lowest BCUT2D eigenvalue weighted by Gasteiger charge is -2.35. The van der Waals surface area contributed by atoms with Gasteiger partial charge in [-0.3, -0.25) is 4.79 Å². The standard InChI is InChI=1S/C29H23NO/c31-26-12-6-11-24-27-23-10-5-4-9-21(23)17-18-25(27)30-29(28(24)26)22-15-13-20(14-16-22)19-7-2-1-3-8-19/h1-5,7-10,13-18,29-30H,6,11-12H2/t29-/m0/s1. The van der Waals surface area contributed by atoms with Crippen molar-refractivity contribution in [3.63, 3.8) is 0 Å². The molecule has 2 nitrogen and oxygen atoms in total. The molecule has 0 unspecified atom stereocenters. The van der Waals surface area contributed by atoms with Gasteiger partial charge in [-0.05, 0) is 51.9 Å². The van der Waals surface area contributed by atoms with Gasteiger partial charge in [0.25, 0.3) is 0 Å². The van der Waals surface area contributed by atoms with Crippen molar-refractivity contribution in [1.82, 2.24) is 0 Å². The molecule has 4 aromatic rings. The van der Waals surface area contributed by atoms with Gasteiger partial charge in [-0.1, -0.05) is 84.9 Å². The summed E-state index contributed by atoms with van der Waals surface area (Å²) >= 11 is 0. The zero-order chi connectivity index (χ0) is 20.8. The van der Waals surface area contributed by atoms with E-state index in [1.165, 1.54) is 33.0 Å². The summed E-state index contributed by atoms with van der Waals surface area (Å²) in [5, 5.41) is 6.17. The van der Waals surface area contributed by atoms with Gasteiger partial charge in [0.15, 0.2) is 5.78 Å². The van der Waals surface area contributed by atoms with Crippen LogP contribution in [0.4, 0.5) is 5.69 Å². The monoisotopic (exact) mass is 401 g/mol. The summed E-state index contributed by atoms with van der Waals surface area (Å²) in [5.41, 5.74) is 8.08. The van der Waals surface area contributed by atoms with Gasteiger partial charge in [0.1, 0.15) is 0 Å². The van der Waals surface area contributed by atoms with Crippen molar-refractivity contribution >= 4 is 27.8 Å². The summed E-state index contributed by atoms with van der Waals surface area (Å²) in [6.45, 7) is 0. The quantitative estimate of drug-likeness (QED) is 0.385. The minimum absolute atomic E-state index is 0.0960. The number of nitrogens with one attached hydrogen (secondary N) is 1. The van der Waals surface area contributed by atoms with Gasteiger partial charge in [-0.25, -0.2) is 0 Å². The Hall–Kier alpha value is -3.65. The van der Waals surface area contributed by atoms with Crippen LogP contribution in [0.5, 0.6) is 0 Å². The smallest absolute Gasteiger partial charge is 0.161 e.